The zero-order chi connectivity index (χ0) is 16.9. The minimum atomic E-state index is -4.38. The van der Waals surface area contributed by atoms with Crippen LogP contribution in [-0.4, -0.2) is 54.8 Å². The molecule has 5 nitrogen and oxygen atoms in total. The lowest BCUT2D eigenvalue weighted by Crippen LogP contribution is -2.46. The summed E-state index contributed by atoms with van der Waals surface area (Å²) in [6.07, 6.45) is -3.32. The molecule has 1 aliphatic heterocycles. The average molecular weight is 329 g/mol. The van der Waals surface area contributed by atoms with Gasteiger partial charge in [-0.05, 0) is 24.3 Å². The van der Waals surface area contributed by atoms with Crippen molar-refractivity contribution in [1.29, 1.82) is 0 Å². The van der Waals surface area contributed by atoms with Crippen LogP contribution in [0.3, 0.4) is 0 Å². The molecule has 1 aliphatic rings. The van der Waals surface area contributed by atoms with Crippen LogP contribution >= 0.6 is 0 Å². The highest BCUT2D eigenvalue weighted by Gasteiger charge is 2.30. The first-order valence-corrected chi connectivity index (χ1v) is 7.27. The van der Waals surface area contributed by atoms with Crippen LogP contribution < -0.4 is 5.32 Å². The Kier molecular flexibility index (Phi) is 5.59. The maximum atomic E-state index is 12.4. The largest absolute Gasteiger partial charge is 0.416 e. The number of halogens is 3. The predicted octanol–water partition coefficient (Wildman–Crippen LogP) is 1.81. The van der Waals surface area contributed by atoms with E-state index < -0.39 is 11.7 Å². The number of alkyl halides is 3. The van der Waals surface area contributed by atoms with Gasteiger partial charge in [-0.3, -0.25) is 14.5 Å². The molecule has 23 heavy (non-hydrogen) atoms. The van der Waals surface area contributed by atoms with Crippen molar-refractivity contribution in [1.82, 2.24) is 9.80 Å². The van der Waals surface area contributed by atoms with Crippen LogP contribution in [0.2, 0.25) is 0 Å². The predicted molar refractivity (Wildman–Crippen MR) is 78.8 cm³/mol. The van der Waals surface area contributed by atoms with E-state index in [9.17, 15) is 22.8 Å². The Hall–Kier alpha value is -2.09. The third kappa shape index (κ3) is 5.24. The van der Waals surface area contributed by atoms with Crippen LogP contribution in [0.5, 0.6) is 0 Å². The van der Waals surface area contributed by atoms with E-state index in [4.69, 9.17) is 0 Å². The summed E-state index contributed by atoms with van der Waals surface area (Å²) < 4.78 is 37.3. The van der Waals surface area contributed by atoms with Crippen LogP contribution in [0.1, 0.15) is 12.0 Å². The molecule has 0 bridgehead atoms. The van der Waals surface area contributed by atoms with Gasteiger partial charge in [0.05, 0.1) is 5.56 Å². The highest BCUT2D eigenvalue weighted by Crippen LogP contribution is 2.29. The lowest BCUT2D eigenvalue weighted by Gasteiger charge is -2.32. The summed E-state index contributed by atoms with van der Waals surface area (Å²) in [6, 6.07) is 4.36. The Morgan fingerprint density at radius 2 is 1.74 bits per heavy atom. The van der Waals surface area contributed by atoms with E-state index in [2.05, 4.69) is 10.2 Å². The molecule has 0 atom stereocenters. The van der Waals surface area contributed by atoms with Crippen LogP contribution in [-0.2, 0) is 15.8 Å². The van der Waals surface area contributed by atoms with Crippen molar-refractivity contribution < 1.29 is 22.8 Å². The van der Waals surface area contributed by atoms with Crippen LogP contribution in [0, 0.1) is 0 Å². The zero-order valence-electron chi connectivity index (χ0n) is 12.5. The van der Waals surface area contributed by atoms with Crippen molar-refractivity contribution in [2.45, 2.75) is 12.6 Å². The fraction of sp³-hybridized carbons (Fsp3) is 0.467. The summed E-state index contributed by atoms with van der Waals surface area (Å²) >= 11 is 0. The second-order valence-corrected chi connectivity index (χ2v) is 5.36. The van der Waals surface area contributed by atoms with E-state index in [1.807, 2.05) is 0 Å². The number of hydrogen-bond acceptors (Lipinski definition) is 3. The molecule has 126 valence electrons. The fourth-order valence-electron chi connectivity index (χ4n) is 2.32. The molecule has 1 fully saturated rings. The number of nitrogens with one attached hydrogen (secondary N) is 1. The summed E-state index contributed by atoms with van der Waals surface area (Å²) in [5, 5.41) is 2.58. The Balaban J connectivity index is 1.76. The van der Waals surface area contributed by atoms with Gasteiger partial charge in [0.25, 0.3) is 0 Å². The van der Waals surface area contributed by atoms with Crippen molar-refractivity contribution in [3.8, 4) is 0 Å². The minimum Gasteiger partial charge on any atom is -0.343 e. The third-order valence-corrected chi connectivity index (χ3v) is 3.71. The van der Waals surface area contributed by atoms with Crippen LogP contribution in [0.15, 0.2) is 24.3 Å². The van der Waals surface area contributed by atoms with Gasteiger partial charge in [0, 0.05) is 44.8 Å². The number of anilines is 1. The molecule has 1 aromatic carbocycles. The Bertz CT molecular complexity index is 538. The van der Waals surface area contributed by atoms with Gasteiger partial charge in [-0.25, -0.2) is 0 Å². The number of piperazine rings is 1. The van der Waals surface area contributed by atoms with Crippen molar-refractivity contribution >= 4 is 18.0 Å². The SMILES string of the molecule is O=CN1CCN(CCC(=O)Nc2ccc(C(F)(F)F)cc2)CC1. The molecule has 0 aromatic heterocycles. The van der Waals surface area contributed by atoms with E-state index in [0.29, 0.717) is 38.4 Å². The summed E-state index contributed by atoms with van der Waals surface area (Å²) in [5.41, 5.74) is -0.405. The number of carbonyl (C=O) groups excluding carboxylic acids is 2. The van der Waals surface area contributed by atoms with Crippen molar-refractivity contribution in [2.75, 3.05) is 38.0 Å². The van der Waals surface area contributed by atoms with Crippen LogP contribution in [0.4, 0.5) is 18.9 Å². The quantitative estimate of drug-likeness (QED) is 0.838. The maximum Gasteiger partial charge on any atom is 0.416 e. The van der Waals surface area contributed by atoms with E-state index in [1.54, 1.807) is 4.90 Å². The molecule has 2 rings (SSSR count). The second kappa shape index (κ2) is 7.45. The molecule has 1 aromatic rings. The molecule has 2 amide bonds. The lowest BCUT2D eigenvalue weighted by molar-refractivity contribution is -0.137. The first-order chi connectivity index (χ1) is 10.9. The normalized spacial score (nSPS) is 16.2. The van der Waals surface area contributed by atoms with E-state index in [1.165, 1.54) is 12.1 Å². The lowest BCUT2D eigenvalue weighted by atomic mass is 10.2. The van der Waals surface area contributed by atoms with Gasteiger partial charge in [-0.15, -0.1) is 0 Å². The summed E-state index contributed by atoms with van der Waals surface area (Å²) in [5.74, 6) is -0.248. The second-order valence-electron chi connectivity index (χ2n) is 5.36. The first kappa shape index (κ1) is 17.3. The third-order valence-electron chi connectivity index (χ3n) is 3.71. The summed E-state index contributed by atoms with van der Waals surface area (Å²) in [6.45, 7) is 3.27. The molecular formula is C15H18F3N3O2. The van der Waals surface area contributed by atoms with Gasteiger partial charge >= 0.3 is 6.18 Å². The van der Waals surface area contributed by atoms with Gasteiger partial charge in [-0.1, -0.05) is 0 Å². The number of benzene rings is 1. The smallest absolute Gasteiger partial charge is 0.343 e. The molecule has 0 saturated carbocycles. The van der Waals surface area contributed by atoms with Gasteiger partial charge in [-0.2, -0.15) is 13.2 Å². The summed E-state index contributed by atoms with van der Waals surface area (Å²) in [7, 11) is 0. The molecule has 0 spiro atoms. The standard InChI is InChI=1S/C15H18F3N3O2/c16-15(17,18)12-1-3-13(4-2-12)19-14(23)5-6-20-7-9-21(11-22)10-8-20/h1-4,11H,5-10H2,(H,19,23). The number of hydrogen-bond donors (Lipinski definition) is 1. The zero-order valence-corrected chi connectivity index (χ0v) is 12.5. The molecule has 0 radical (unpaired) electrons. The Morgan fingerprint density at radius 3 is 2.26 bits per heavy atom. The van der Waals surface area contributed by atoms with Crippen molar-refractivity contribution in [2.24, 2.45) is 0 Å². The average Bonchev–Trinajstić information content (AvgIpc) is 2.53. The number of carbonyl (C=O) groups is 2. The number of amides is 2. The van der Waals surface area contributed by atoms with Gasteiger partial charge in [0.2, 0.25) is 12.3 Å². The molecule has 8 heteroatoms. The van der Waals surface area contributed by atoms with Crippen molar-refractivity contribution in [3.63, 3.8) is 0 Å². The molecule has 1 heterocycles. The van der Waals surface area contributed by atoms with E-state index >= 15 is 0 Å². The summed E-state index contributed by atoms with van der Waals surface area (Å²) in [4.78, 5) is 26.2. The minimum absolute atomic E-state index is 0.248. The highest BCUT2D eigenvalue weighted by atomic mass is 19.4. The highest BCUT2D eigenvalue weighted by molar-refractivity contribution is 5.90. The Morgan fingerprint density at radius 1 is 1.13 bits per heavy atom. The Labute approximate surface area is 132 Å². The number of rotatable bonds is 5. The molecule has 1 N–H and O–H groups in total. The number of nitrogens with zero attached hydrogens (tertiary/aromatic N) is 2. The molecule has 1 saturated heterocycles. The monoisotopic (exact) mass is 329 g/mol. The molecular weight excluding hydrogens is 311 g/mol. The van der Waals surface area contributed by atoms with Crippen LogP contribution in [0.25, 0.3) is 0 Å². The van der Waals surface area contributed by atoms with Gasteiger partial charge in [0.15, 0.2) is 0 Å². The first-order valence-electron chi connectivity index (χ1n) is 7.27. The molecule has 0 aliphatic carbocycles. The fourth-order valence-corrected chi connectivity index (χ4v) is 2.32. The maximum absolute atomic E-state index is 12.4. The molecule has 0 unspecified atom stereocenters. The topological polar surface area (TPSA) is 52.7 Å². The van der Waals surface area contributed by atoms with E-state index in [-0.39, 0.29) is 12.3 Å². The van der Waals surface area contributed by atoms with Gasteiger partial charge < -0.3 is 10.2 Å². The van der Waals surface area contributed by atoms with Gasteiger partial charge in [0.1, 0.15) is 0 Å². The van der Waals surface area contributed by atoms with E-state index in [0.717, 1.165) is 18.5 Å². The van der Waals surface area contributed by atoms with Crippen molar-refractivity contribution in [3.05, 3.63) is 29.8 Å².